The van der Waals surface area contributed by atoms with Crippen molar-refractivity contribution in [3.8, 4) is 0 Å². The quantitative estimate of drug-likeness (QED) is 0.792. The zero-order chi connectivity index (χ0) is 18.4. The zero-order valence-electron chi connectivity index (χ0n) is 13.8. The summed E-state index contributed by atoms with van der Waals surface area (Å²) in [4.78, 5) is 23.8. The summed E-state index contributed by atoms with van der Waals surface area (Å²) in [5.74, 6) is -1.09. The molecular weight excluding hydrogens is 344 g/mol. The number of nitrogens with one attached hydrogen (secondary N) is 1. The Labute approximate surface area is 146 Å². The fourth-order valence-corrected chi connectivity index (χ4v) is 3.01. The first-order valence-electron chi connectivity index (χ1n) is 7.32. The molecule has 132 valence electrons. The van der Waals surface area contributed by atoms with Crippen molar-refractivity contribution in [2.45, 2.75) is 0 Å². The number of amides is 1. The van der Waals surface area contributed by atoms with Gasteiger partial charge < -0.3 is 10.1 Å². The molecule has 0 bridgehead atoms. The van der Waals surface area contributed by atoms with Gasteiger partial charge in [0.1, 0.15) is 6.54 Å². The minimum Gasteiger partial charge on any atom is -0.465 e. The van der Waals surface area contributed by atoms with Crippen LogP contribution in [0.15, 0.2) is 54.6 Å². The van der Waals surface area contributed by atoms with Crippen LogP contribution in [-0.2, 0) is 19.6 Å². The lowest BCUT2D eigenvalue weighted by molar-refractivity contribution is -0.114. The molecule has 0 atom stereocenters. The number of methoxy groups -OCH3 is 1. The average Bonchev–Trinajstić information content (AvgIpc) is 2.59. The molecule has 0 aliphatic heterocycles. The molecule has 0 saturated carbocycles. The van der Waals surface area contributed by atoms with Crippen molar-refractivity contribution < 1.29 is 22.7 Å². The number of hydrogen-bond donors (Lipinski definition) is 1. The molecule has 0 aliphatic rings. The standard InChI is InChI=1S/C17H18N2O5S/c1-24-17(21)13-7-6-10-15(11-13)19(25(2,22)23)12-16(20)18-14-8-4-3-5-9-14/h3-11H,12H2,1-2H3,(H,18,20). The topological polar surface area (TPSA) is 92.8 Å². The Bertz CT molecular complexity index is 866. The molecule has 25 heavy (non-hydrogen) atoms. The molecule has 2 aromatic carbocycles. The zero-order valence-corrected chi connectivity index (χ0v) is 14.6. The van der Waals surface area contributed by atoms with E-state index in [1.54, 1.807) is 30.3 Å². The molecule has 0 fully saturated rings. The fourth-order valence-electron chi connectivity index (χ4n) is 2.16. The molecule has 7 nitrogen and oxygen atoms in total. The van der Waals surface area contributed by atoms with E-state index in [1.165, 1.54) is 31.4 Å². The van der Waals surface area contributed by atoms with Gasteiger partial charge in [-0.25, -0.2) is 13.2 Å². The van der Waals surface area contributed by atoms with Crippen molar-refractivity contribution in [2.24, 2.45) is 0 Å². The average molecular weight is 362 g/mol. The van der Waals surface area contributed by atoms with Crippen molar-refractivity contribution in [3.05, 3.63) is 60.2 Å². The van der Waals surface area contributed by atoms with E-state index in [-0.39, 0.29) is 11.3 Å². The van der Waals surface area contributed by atoms with Crippen LogP contribution in [-0.4, -0.2) is 40.2 Å². The van der Waals surface area contributed by atoms with Crippen molar-refractivity contribution in [3.63, 3.8) is 0 Å². The van der Waals surface area contributed by atoms with Gasteiger partial charge in [-0.15, -0.1) is 0 Å². The lowest BCUT2D eigenvalue weighted by Gasteiger charge is -2.22. The molecule has 2 rings (SSSR count). The van der Waals surface area contributed by atoms with Gasteiger partial charge in [0.2, 0.25) is 15.9 Å². The van der Waals surface area contributed by atoms with Crippen molar-refractivity contribution >= 4 is 33.3 Å². The van der Waals surface area contributed by atoms with Gasteiger partial charge in [-0.2, -0.15) is 0 Å². The normalized spacial score (nSPS) is 10.8. The van der Waals surface area contributed by atoms with Gasteiger partial charge in [0.05, 0.1) is 24.6 Å². The summed E-state index contributed by atoms with van der Waals surface area (Å²) in [5.41, 5.74) is 0.954. The number of rotatable bonds is 6. The minimum absolute atomic E-state index is 0.192. The Balaban J connectivity index is 2.25. The number of esters is 1. The third kappa shape index (κ3) is 5.05. The molecule has 1 N–H and O–H groups in total. The van der Waals surface area contributed by atoms with E-state index in [9.17, 15) is 18.0 Å². The molecule has 0 saturated heterocycles. The lowest BCUT2D eigenvalue weighted by atomic mass is 10.2. The maximum Gasteiger partial charge on any atom is 0.337 e. The van der Waals surface area contributed by atoms with E-state index in [0.717, 1.165) is 10.6 Å². The van der Waals surface area contributed by atoms with Crippen LogP contribution >= 0.6 is 0 Å². The molecule has 1 amide bonds. The van der Waals surface area contributed by atoms with Crippen LogP contribution < -0.4 is 9.62 Å². The van der Waals surface area contributed by atoms with E-state index >= 15 is 0 Å². The number of para-hydroxylation sites is 1. The predicted octanol–water partition coefficient (Wildman–Crippen LogP) is 1.88. The number of sulfonamides is 1. The second kappa shape index (κ2) is 7.80. The Morgan fingerprint density at radius 3 is 2.36 bits per heavy atom. The molecule has 0 unspecified atom stereocenters. The Morgan fingerprint density at radius 2 is 1.76 bits per heavy atom. The first-order chi connectivity index (χ1) is 11.8. The maximum absolute atomic E-state index is 12.2. The van der Waals surface area contributed by atoms with Crippen molar-refractivity contribution in [2.75, 3.05) is 29.5 Å². The third-order valence-electron chi connectivity index (χ3n) is 3.30. The van der Waals surface area contributed by atoms with Gasteiger partial charge in [-0.1, -0.05) is 24.3 Å². The van der Waals surface area contributed by atoms with Gasteiger partial charge in [0.15, 0.2) is 0 Å². The van der Waals surface area contributed by atoms with Crippen molar-refractivity contribution in [1.29, 1.82) is 0 Å². The number of anilines is 2. The van der Waals surface area contributed by atoms with E-state index in [4.69, 9.17) is 0 Å². The number of hydrogen-bond acceptors (Lipinski definition) is 5. The molecule has 0 radical (unpaired) electrons. The molecule has 0 heterocycles. The summed E-state index contributed by atoms with van der Waals surface area (Å²) >= 11 is 0. The van der Waals surface area contributed by atoms with Gasteiger partial charge in [0, 0.05) is 5.69 Å². The Hall–Kier alpha value is -2.87. The fraction of sp³-hybridized carbons (Fsp3) is 0.176. The molecular formula is C17H18N2O5S. The first kappa shape index (κ1) is 18.5. The van der Waals surface area contributed by atoms with Gasteiger partial charge >= 0.3 is 5.97 Å². The van der Waals surface area contributed by atoms with E-state index in [2.05, 4.69) is 10.1 Å². The van der Waals surface area contributed by atoms with Crippen LogP contribution in [0.25, 0.3) is 0 Å². The van der Waals surface area contributed by atoms with E-state index in [0.29, 0.717) is 5.69 Å². The highest BCUT2D eigenvalue weighted by atomic mass is 32.2. The summed E-state index contributed by atoms with van der Waals surface area (Å²) < 4.78 is 29.8. The van der Waals surface area contributed by atoms with Crippen LogP contribution in [0, 0.1) is 0 Å². The van der Waals surface area contributed by atoms with Gasteiger partial charge in [-0.3, -0.25) is 9.10 Å². The monoisotopic (exact) mass is 362 g/mol. The molecule has 8 heteroatoms. The summed E-state index contributed by atoms with van der Waals surface area (Å²) in [6, 6.07) is 14.6. The second-order valence-electron chi connectivity index (χ2n) is 5.23. The lowest BCUT2D eigenvalue weighted by Crippen LogP contribution is -2.37. The predicted molar refractivity (Wildman–Crippen MR) is 95.0 cm³/mol. The third-order valence-corrected chi connectivity index (χ3v) is 4.44. The maximum atomic E-state index is 12.2. The highest BCUT2D eigenvalue weighted by Crippen LogP contribution is 2.20. The number of nitrogens with zero attached hydrogens (tertiary/aromatic N) is 1. The minimum atomic E-state index is -3.73. The highest BCUT2D eigenvalue weighted by molar-refractivity contribution is 7.92. The van der Waals surface area contributed by atoms with Crippen LogP contribution in [0.3, 0.4) is 0 Å². The highest BCUT2D eigenvalue weighted by Gasteiger charge is 2.22. The molecule has 2 aromatic rings. The largest absolute Gasteiger partial charge is 0.465 e. The number of benzene rings is 2. The van der Waals surface area contributed by atoms with E-state index < -0.39 is 28.4 Å². The first-order valence-corrected chi connectivity index (χ1v) is 9.17. The van der Waals surface area contributed by atoms with Crippen LogP contribution in [0.5, 0.6) is 0 Å². The van der Waals surface area contributed by atoms with Gasteiger partial charge in [0.25, 0.3) is 0 Å². The Kier molecular flexibility index (Phi) is 5.76. The number of carbonyl (C=O) groups excluding carboxylic acids is 2. The summed E-state index contributed by atoms with van der Waals surface area (Å²) in [6.07, 6.45) is 0.994. The summed E-state index contributed by atoms with van der Waals surface area (Å²) in [6.45, 7) is -0.418. The molecule has 0 aromatic heterocycles. The second-order valence-corrected chi connectivity index (χ2v) is 7.13. The summed E-state index contributed by atoms with van der Waals surface area (Å²) in [5, 5.41) is 2.63. The van der Waals surface area contributed by atoms with Crippen molar-refractivity contribution in [1.82, 2.24) is 0 Å². The molecule has 0 aliphatic carbocycles. The van der Waals surface area contributed by atoms with E-state index in [1.807, 2.05) is 0 Å². The number of ether oxygens (including phenoxy) is 1. The Morgan fingerprint density at radius 1 is 1.08 bits per heavy atom. The van der Waals surface area contributed by atoms with Crippen LogP contribution in [0.4, 0.5) is 11.4 Å². The number of carbonyl (C=O) groups is 2. The summed E-state index contributed by atoms with van der Waals surface area (Å²) in [7, 11) is -2.50. The van der Waals surface area contributed by atoms with Crippen LogP contribution in [0.1, 0.15) is 10.4 Å². The molecule has 0 spiro atoms. The SMILES string of the molecule is COC(=O)c1cccc(N(CC(=O)Nc2ccccc2)S(C)(=O)=O)c1. The van der Waals surface area contributed by atoms with Gasteiger partial charge in [-0.05, 0) is 30.3 Å². The smallest absolute Gasteiger partial charge is 0.337 e. The van der Waals surface area contributed by atoms with Crippen LogP contribution in [0.2, 0.25) is 0 Å².